The first-order valence-electron chi connectivity index (χ1n) is 12.6. The van der Waals surface area contributed by atoms with Crippen LogP contribution < -0.4 is 51.4 Å². The second-order valence-electron chi connectivity index (χ2n) is 8.79. The maximum absolute atomic E-state index is 10.8. The molecule has 30 heavy (non-hydrogen) atoms. The fourth-order valence-corrected chi connectivity index (χ4v) is 4.34. The van der Waals surface area contributed by atoms with Gasteiger partial charge in [-0.05, 0) is 18.8 Å². The summed E-state index contributed by atoms with van der Waals surface area (Å²) in [7, 11) is -4.57. The fourth-order valence-electron chi connectivity index (χ4n) is 3.98. The van der Waals surface area contributed by atoms with Crippen LogP contribution in [0.3, 0.4) is 0 Å². The maximum atomic E-state index is 10.8. The fraction of sp³-hybridized carbons (Fsp3) is 1.00. The molecule has 0 bridgehead atoms. The third-order valence-electron chi connectivity index (χ3n) is 5.88. The van der Waals surface area contributed by atoms with E-state index >= 15 is 0 Å². The second kappa shape index (κ2) is 25.1. The number of hydrogen-bond donors (Lipinski definition) is 0. The van der Waals surface area contributed by atoms with E-state index in [1.807, 2.05) is 0 Å². The van der Waals surface area contributed by atoms with Gasteiger partial charge in [0.25, 0.3) is 0 Å². The SMILES string of the molecule is CCCCCCCCCCCCCC(CCCCCCCCC)COS(=O)(=O)[O-].[K+]. The molecule has 0 aliphatic carbocycles. The molecular formula is C24H49KO4S. The molecule has 0 aromatic carbocycles. The second-order valence-corrected chi connectivity index (χ2v) is 9.85. The summed E-state index contributed by atoms with van der Waals surface area (Å²) in [5, 5.41) is 0. The van der Waals surface area contributed by atoms with E-state index in [1.54, 1.807) is 0 Å². The zero-order valence-electron chi connectivity index (χ0n) is 20.5. The van der Waals surface area contributed by atoms with Gasteiger partial charge in [0.1, 0.15) is 0 Å². The Morgan fingerprint density at radius 1 is 0.600 bits per heavy atom. The van der Waals surface area contributed by atoms with Gasteiger partial charge in [0.2, 0.25) is 10.4 Å². The monoisotopic (exact) mass is 472 g/mol. The van der Waals surface area contributed by atoms with Crippen LogP contribution in [0.25, 0.3) is 0 Å². The van der Waals surface area contributed by atoms with Gasteiger partial charge in [0, 0.05) is 0 Å². The molecule has 1 unspecified atom stereocenters. The van der Waals surface area contributed by atoms with Crippen molar-refractivity contribution in [2.24, 2.45) is 5.92 Å². The summed E-state index contributed by atoms with van der Waals surface area (Å²) < 4.78 is 37.0. The van der Waals surface area contributed by atoms with Crippen molar-refractivity contribution in [3.8, 4) is 0 Å². The predicted octanol–water partition coefficient (Wildman–Crippen LogP) is 4.93. The van der Waals surface area contributed by atoms with Crippen LogP contribution in [-0.4, -0.2) is 19.6 Å². The van der Waals surface area contributed by atoms with Gasteiger partial charge in [-0.15, -0.1) is 0 Å². The Morgan fingerprint density at radius 3 is 1.20 bits per heavy atom. The molecule has 0 radical (unpaired) electrons. The Balaban J connectivity index is 0. The van der Waals surface area contributed by atoms with Crippen LogP contribution in [0.1, 0.15) is 142 Å². The average molecular weight is 473 g/mol. The molecule has 4 nitrogen and oxygen atoms in total. The summed E-state index contributed by atoms with van der Waals surface area (Å²) in [4.78, 5) is 0. The van der Waals surface area contributed by atoms with E-state index in [0.29, 0.717) is 0 Å². The quantitative estimate of drug-likeness (QED) is 0.0915. The van der Waals surface area contributed by atoms with E-state index in [9.17, 15) is 13.0 Å². The molecule has 0 aliphatic heterocycles. The van der Waals surface area contributed by atoms with E-state index in [4.69, 9.17) is 0 Å². The summed E-state index contributed by atoms with van der Waals surface area (Å²) in [6.45, 7) is 4.55. The predicted molar refractivity (Wildman–Crippen MR) is 123 cm³/mol. The van der Waals surface area contributed by atoms with Gasteiger partial charge in [-0.25, -0.2) is 8.42 Å². The third kappa shape index (κ3) is 27.5. The van der Waals surface area contributed by atoms with E-state index in [0.717, 1.165) is 25.7 Å². The first kappa shape index (κ1) is 33.7. The number of hydrogen-bond acceptors (Lipinski definition) is 4. The largest absolute Gasteiger partial charge is 1.00 e. The summed E-state index contributed by atoms with van der Waals surface area (Å²) in [6.07, 6.45) is 25.1. The summed E-state index contributed by atoms with van der Waals surface area (Å²) in [5.41, 5.74) is 0. The molecule has 0 aromatic heterocycles. The summed E-state index contributed by atoms with van der Waals surface area (Å²) in [6, 6.07) is 0. The van der Waals surface area contributed by atoms with Crippen LogP contribution >= 0.6 is 0 Å². The Labute approximate surface area is 231 Å². The van der Waals surface area contributed by atoms with Crippen molar-refractivity contribution in [2.75, 3.05) is 6.61 Å². The number of rotatable bonds is 23. The molecule has 0 rings (SSSR count). The zero-order chi connectivity index (χ0) is 21.6. The van der Waals surface area contributed by atoms with Crippen molar-refractivity contribution < 1.29 is 68.5 Å². The standard InChI is InChI=1S/C24H50O4S.K/c1-3-5-7-9-11-12-13-14-16-18-20-22-24(23-28-29(25,26)27)21-19-17-15-10-8-6-4-2;/h24H,3-23H2,1-2H3,(H,25,26,27);/q;+1/p-1. The molecule has 6 heteroatoms. The molecule has 1 atom stereocenters. The molecule has 0 aromatic rings. The van der Waals surface area contributed by atoms with E-state index in [1.165, 1.54) is 103 Å². The van der Waals surface area contributed by atoms with Gasteiger partial charge in [-0.1, -0.05) is 129 Å². The van der Waals surface area contributed by atoms with Gasteiger partial charge in [-0.2, -0.15) is 0 Å². The molecule has 0 amide bonds. The Hall–Kier alpha value is 1.51. The van der Waals surface area contributed by atoms with Crippen LogP contribution in [0.15, 0.2) is 0 Å². The zero-order valence-corrected chi connectivity index (χ0v) is 24.4. The molecule has 176 valence electrons. The Kier molecular flexibility index (Phi) is 28.2. The minimum Gasteiger partial charge on any atom is -0.726 e. The molecule has 0 fully saturated rings. The first-order chi connectivity index (χ1) is 14.0. The third-order valence-corrected chi connectivity index (χ3v) is 6.30. The van der Waals surface area contributed by atoms with Gasteiger partial charge in [0.15, 0.2) is 0 Å². The van der Waals surface area contributed by atoms with Crippen molar-refractivity contribution >= 4 is 10.4 Å². The van der Waals surface area contributed by atoms with E-state index in [2.05, 4.69) is 18.0 Å². The van der Waals surface area contributed by atoms with Crippen LogP contribution in [0.2, 0.25) is 0 Å². The first-order valence-corrected chi connectivity index (χ1v) is 13.9. The minimum atomic E-state index is -4.57. The van der Waals surface area contributed by atoms with Crippen molar-refractivity contribution in [3.05, 3.63) is 0 Å². The van der Waals surface area contributed by atoms with Gasteiger partial charge in [0.05, 0.1) is 6.61 Å². The van der Waals surface area contributed by atoms with Crippen LogP contribution in [0, 0.1) is 5.92 Å². The molecule has 0 spiro atoms. The maximum Gasteiger partial charge on any atom is 1.00 e. The topological polar surface area (TPSA) is 66.4 Å². The molecular weight excluding hydrogens is 423 g/mol. The van der Waals surface area contributed by atoms with Crippen LogP contribution in [-0.2, 0) is 14.6 Å². The van der Waals surface area contributed by atoms with Crippen molar-refractivity contribution in [1.82, 2.24) is 0 Å². The van der Waals surface area contributed by atoms with Gasteiger partial charge >= 0.3 is 51.4 Å². The minimum absolute atomic E-state index is 0. The van der Waals surface area contributed by atoms with Crippen LogP contribution in [0.4, 0.5) is 0 Å². The summed E-state index contributed by atoms with van der Waals surface area (Å²) >= 11 is 0. The molecule has 0 heterocycles. The molecule has 0 saturated heterocycles. The smallest absolute Gasteiger partial charge is 0.726 e. The van der Waals surface area contributed by atoms with Crippen molar-refractivity contribution in [1.29, 1.82) is 0 Å². The van der Waals surface area contributed by atoms with E-state index in [-0.39, 0.29) is 63.9 Å². The van der Waals surface area contributed by atoms with Crippen molar-refractivity contribution in [2.45, 2.75) is 142 Å². The normalized spacial score (nSPS) is 12.6. The Morgan fingerprint density at radius 2 is 0.900 bits per heavy atom. The number of unbranched alkanes of at least 4 members (excludes halogenated alkanes) is 16. The molecule has 0 saturated carbocycles. The average Bonchev–Trinajstić information content (AvgIpc) is 2.68. The van der Waals surface area contributed by atoms with Crippen molar-refractivity contribution in [3.63, 3.8) is 0 Å². The van der Waals surface area contributed by atoms with Crippen LogP contribution in [0.5, 0.6) is 0 Å². The Bertz CT molecular complexity index is 429. The van der Waals surface area contributed by atoms with E-state index < -0.39 is 10.4 Å². The van der Waals surface area contributed by atoms with Gasteiger partial charge < -0.3 is 4.55 Å². The summed E-state index contributed by atoms with van der Waals surface area (Å²) in [5.74, 6) is 0.202. The molecule has 0 N–H and O–H groups in total. The molecule has 0 aliphatic rings. The van der Waals surface area contributed by atoms with Gasteiger partial charge in [-0.3, -0.25) is 4.18 Å².